The van der Waals surface area contributed by atoms with Gasteiger partial charge < -0.3 is 15.0 Å². The van der Waals surface area contributed by atoms with Gasteiger partial charge in [0.1, 0.15) is 17.4 Å². The Morgan fingerprint density at radius 3 is 2.57 bits per heavy atom. The van der Waals surface area contributed by atoms with Crippen LogP contribution in [0.15, 0.2) is 42.5 Å². The summed E-state index contributed by atoms with van der Waals surface area (Å²) >= 11 is 0. The van der Waals surface area contributed by atoms with Gasteiger partial charge in [-0.1, -0.05) is 12.1 Å². The third-order valence-corrected chi connectivity index (χ3v) is 4.91. The molecule has 1 aliphatic heterocycles. The number of rotatable bonds is 7. The van der Waals surface area contributed by atoms with Crippen LogP contribution in [-0.2, 0) is 0 Å². The molecule has 0 atom stereocenters. The first-order valence-electron chi connectivity index (χ1n) is 9.42. The maximum absolute atomic E-state index is 13.6. The molecule has 1 aliphatic rings. The van der Waals surface area contributed by atoms with Crippen LogP contribution in [0, 0.1) is 11.6 Å². The van der Waals surface area contributed by atoms with E-state index in [1.165, 1.54) is 0 Å². The Hall–Kier alpha value is -2.67. The van der Waals surface area contributed by atoms with Crippen molar-refractivity contribution in [2.24, 2.45) is 0 Å². The van der Waals surface area contributed by atoms with Gasteiger partial charge in [0.05, 0.1) is 18.4 Å². The number of carbonyl (C=O) groups is 1. The standard InChI is InChI=1S/C21H25F2N3O2/c1-28-20-6-3-2-5-19(20)26-13-11-25(12-14-26)10-4-9-24-21(27)17-8-7-16(22)15-18(17)23/h2-3,5-8,15H,4,9-14H2,1H3,(H,24,27). The van der Waals surface area contributed by atoms with Gasteiger partial charge in [0.2, 0.25) is 0 Å². The summed E-state index contributed by atoms with van der Waals surface area (Å²) in [6, 6.07) is 11.0. The molecule has 0 unspecified atom stereocenters. The van der Waals surface area contributed by atoms with Crippen molar-refractivity contribution < 1.29 is 18.3 Å². The first-order valence-corrected chi connectivity index (χ1v) is 9.42. The van der Waals surface area contributed by atoms with E-state index in [0.29, 0.717) is 6.54 Å². The van der Waals surface area contributed by atoms with Crippen LogP contribution < -0.4 is 15.0 Å². The van der Waals surface area contributed by atoms with Crippen molar-refractivity contribution in [3.05, 3.63) is 59.7 Å². The highest BCUT2D eigenvalue weighted by molar-refractivity contribution is 5.94. The number of para-hydroxylation sites is 2. The summed E-state index contributed by atoms with van der Waals surface area (Å²) in [6.07, 6.45) is 0.767. The number of piperazine rings is 1. The SMILES string of the molecule is COc1ccccc1N1CCN(CCCNC(=O)c2ccc(F)cc2F)CC1. The van der Waals surface area contributed by atoms with Gasteiger partial charge in [-0.15, -0.1) is 0 Å². The van der Waals surface area contributed by atoms with Crippen molar-refractivity contribution in [3.8, 4) is 5.75 Å². The van der Waals surface area contributed by atoms with Gasteiger partial charge in [-0.2, -0.15) is 0 Å². The van der Waals surface area contributed by atoms with E-state index in [1.807, 2.05) is 18.2 Å². The Kier molecular flexibility index (Phi) is 6.81. The largest absolute Gasteiger partial charge is 0.495 e. The third kappa shape index (κ3) is 4.98. The molecule has 3 rings (SSSR count). The smallest absolute Gasteiger partial charge is 0.254 e. The second-order valence-electron chi connectivity index (χ2n) is 6.73. The Bertz CT molecular complexity index is 808. The summed E-state index contributed by atoms with van der Waals surface area (Å²) in [5, 5.41) is 2.69. The molecule has 1 saturated heterocycles. The molecule has 1 fully saturated rings. The lowest BCUT2D eigenvalue weighted by Crippen LogP contribution is -2.47. The molecule has 0 aromatic heterocycles. The number of nitrogens with one attached hydrogen (secondary N) is 1. The van der Waals surface area contributed by atoms with Crippen LogP contribution in [0.5, 0.6) is 5.75 Å². The van der Waals surface area contributed by atoms with E-state index in [1.54, 1.807) is 7.11 Å². The normalized spacial score (nSPS) is 14.8. The molecule has 1 N–H and O–H groups in total. The Balaban J connectivity index is 1.39. The quantitative estimate of drug-likeness (QED) is 0.740. The van der Waals surface area contributed by atoms with Crippen LogP contribution in [0.4, 0.5) is 14.5 Å². The van der Waals surface area contributed by atoms with Crippen molar-refractivity contribution in [1.29, 1.82) is 0 Å². The summed E-state index contributed by atoms with van der Waals surface area (Å²) in [4.78, 5) is 16.6. The molecule has 0 bridgehead atoms. The molecule has 1 heterocycles. The average molecular weight is 389 g/mol. The van der Waals surface area contributed by atoms with Crippen LogP contribution in [0.2, 0.25) is 0 Å². The summed E-state index contributed by atoms with van der Waals surface area (Å²) in [7, 11) is 1.68. The van der Waals surface area contributed by atoms with Gasteiger partial charge in [-0.25, -0.2) is 8.78 Å². The minimum atomic E-state index is -0.843. The number of ether oxygens (including phenoxy) is 1. The van der Waals surface area contributed by atoms with E-state index in [4.69, 9.17) is 4.74 Å². The van der Waals surface area contributed by atoms with E-state index >= 15 is 0 Å². The molecule has 0 radical (unpaired) electrons. The molecule has 0 spiro atoms. The highest BCUT2D eigenvalue weighted by Gasteiger charge is 2.19. The molecule has 2 aromatic rings. The second kappa shape index (κ2) is 9.50. The van der Waals surface area contributed by atoms with Crippen molar-refractivity contribution >= 4 is 11.6 Å². The summed E-state index contributed by atoms with van der Waals surface area (Å²) in [5.41, 5.74) is 0.977. The minimum absolute atomic E-state index is 0.133. The molecule has 0 aliphatic carbocycles. The lowest BCUT2D eigenvalue weighted by Gasteiger charge is -2.36. The van der Waals surface area contributed by atoms with E-state index in [9.17, 15) is 13.6 Å². The van der Waals surface area contributed by atoms with Gasteiger partial charge in [-0.05, 0) is 37.2 Å². The molecule has 0 saturated carbocycles. The van der Waals surface area contributed by atoms with Crippen molar-refractivity contribution in [3.63, 3.8) is 0 Å². The van der Waals surface area contributed by atoms with Crippen LogP contribution in [0.25, 0.3) is 0 Å². The average Bonchev–Trinajstić information content (AvgIpc) is 2.71. The molecule has 28 heavy (non-hydrogen) atoms. The Morgan fingerprint density at radius 2 is 1.86 bits per heavy atom. The van der Waals surface area contributed by atoms with Crippen molar-refractivity contribution in [2.75, 3.05) is 51.3 Å². The van der Waals surface area contributed by atoms with Gasteiger partial charge in [0, 0.05) is 38.8 Å². The van der Waals surface area contributed by atoms with E-state index in [-0.39, 0.29) is 5.56 Å². The summed E-state index contributed by atoms with van der Waals surface area (Å²) in [6.45, 7) is 4.98. The van der Waals surface area contributed by atoms with Gasteiger partial charge in [0.25, 0.3) is 5.91 Å². The number of nitrogens with zero attached hydrogens (tertiary/aromatic N) is 2. The highest BCUT2D eigenvalue weighted by atomic mass is 19.1. The maximum Gasteiger partial charge on any atom is 0.254 e. The number of hydrogen-bond donors (Lipinski definition) is 1. The molecular formula is C21H25F2N3O2. The molecule has 5 nitrogen and oxygen atoms in total. The minimum Gasteiger partial charge on any atom is -0.495 e. The Labute approximate surface area is 163 Å². The fraction of sp³-hybridized carbons (Fsp3) is 0.381. The van der Waals surface area contributed by atoms with Gasteiger partial charge >= 0.3 is 0 Å². The number of halogens is 2. The van der Waals surface area contributed by atoms with Crippen LogP contribution in [0.3, 0.4) is 0 Å². The maximum atomic E-state index is 13.6. The number of benzene rings is 2. The monoisotopic (exact) mass is 389 g/mol. The molecular weight excluding hydrogens is 364 g/mol. The van der Waals surface area contributed by atoms with E-state index < -0.39 is 17.5 Å². The number of methoxy groups -OCH3 is 1. The lowest BCUT2D eigenvalue weighted by atomic mass is 10.2. The zero-order valence-electron chi connectivity index (χ0n) is 16.0. The Morgan fingerprint density at radius 1 is 1.11 bits per heavy atom. The van der Waals surface area contributed by atoms with Crippen molar-refractivity contribution in [2.45, 2.75) is 6.42 Å². The molecule has 7 heteroatoms. The van der Waals surface area contributed by atoms with Crippen LogP contribution in [-0.4, -0.2) is 57.2 Å². The van der Waals surface area contributed by atoms with Crippen molar-refractivity contribution in [1.82, 2.24) is 10.2 Å². The van der Waals surface area contributed by atoms with Gasteiger partial charge in [-0.3, -0.25) is 9.69 Å². The fourth-order valence-corrected chi connectivity index (χ4v) is 3.38. The lowest BCUT2D eigenvalue weighted by molar-refractivity contribution is 0.0947. The number of carbonyl (C=O) groups excluding carboxylic acids is 1. The predicted molar refractivity (Wildman–Crippen MR) is 105 cm³/mol. The zero-order valence-corrected chi connectivity index (χ0v) is 16.0. The van der Waals surface area contributed by atoms with Crippen LogP contribution >= 0.6 is 0 Å². The highest BCUT2D eigenvalue weighted by Crippen LogP contribution is 2.28. The fourth-order valence-electron chi connectivity index (χ4n) is 3.38. The zero-order chi connectivity index (χ0) is 19.9. The first kappa shape index (κ1) is 20.1. The van der Waals surface area contributed by atoms with Crippen LogP contribution in [0.1, 0.15) is 16.8 Å². The molecule has 150 valence electrons. The summed E-state index contributed by atoms with van der Waals surface area (Å²) in [5.74, 6) is -1.17. The second-order valence-corrected chi connectivity index (χ2v) is 6.73. The van der Waals surface area contributed by atoms with Gasteiger partial charge in [0.15, 0.2) is 0 Å². The molecule has 1 amide bonds. The third-order valence-electron chi connectivity index (χ3n) is 4.91. The predicted octanol–water partition coefficient (Wildman–Crippen LogP) is 2.92. The number of amides is 1. The number of anilines is 1. The summed E-state index contributed by atoms with van der Waals surface area (Å²) < 4.78 is 32.0. The topological polar surface area (TPSA) is 44.8 Å². The first-order chi connectivity index (χ1) is 13.6. The van der Waals surface area contributed by atoms with E-state index in [0.717, 1.165) is 68.8 Å². The van der Waals surface area contributed by atoms with E-state index in [2.05, 4.69) is 21.2 Å². The molecule has 2 aromatic carbocycles. The number of hydrogen-bond acceptors (Lipinski definition) is 4.